The molecule has 0 spiro atoms. The van der Waals surface area contributed by atoms with Gasteiger partial charge in [0.2, 0.25) is 0 Å². The molecule has 5 N–H and O–H groups in total. The highest BCUT2D eigenvalue weighted by Gasteiger charge is 2.29. The molecule has 3 aliphatic rings. The van der Waals surface area contributed by atoms with Gasteiger partial charge in [0.1, 0.15) is 0 Å². The van der Waals surface area contributed by atoms with E-state index < -0.39 is 0 Å². The molecule has 2 saturated heterocycles. The number of hydrogen-bond acceptors (Lipinski definition) is 6. The van der Waals surface area contributed by atoms with Crippen LogP contribution in [0.5, 0.6) is 0 Å². The van der Waals surface area contributed by atoms with Gasteiger partial charge in [-0.2, -0.15) is 0 Å². The SMILES string of the molecule is CCCC(CCN=C/C=C\C(=CN)/C=C/c1[nH]c(C2CCCN2C)cc1C=N)C1CCN(c2cccc3c2CNC3=O)CC1. The summed E-state index contributed by atoms with van der Waals surface area (Å²) >= 11 is 0. The van der Waals surface area contributed by atoms with E-state index in [1.807, 2.05) is 42.7 Å². The van der Waals surface area contributed by atoms with Crippen LogP contribution in [0.15, 0.2) is 59.3 Å². The first-order chi connectivity index (χ1) is 21.5. The quantitative estimate of drug-likeness (QED) is 0.162. The van der Waals surface area contributed by atoms with Crippen molar-refractivity contribution in [1.82, 2.24) is 15.2 Å². The third-order valence-electron chi connectivity index (χ3n) is 9.71. The van der Waals surface area contributed by atoms with Crippen LogP contribution in [0.4, 0.5) is 5.69 Å². The Morgan fingerprint density at radius 1 is 1.18 bits per heavy atom. The van der Waals surface area contributed by atoms with Gasteiger partial charge in [0.05, 0.1) is 0 Å². The lowest BCUT2D eigenvalue weighted by atomic mass is 9.79. The molecule has 8 heteroatoms. The molecular weight excluding hydrogens is 546 g/mol. The van der Waals surface area contributed by atoms with Gasteiger partial charge in [-0.05, 0) is 93.5 Å². The van der Waals surface area contributed by atoms with Gasteiger partial charge in [0, 0.05) is 84.6 Å². The third kappa shape index (κ3) is 7.41. The highest BCUT2D eigenvalue weighted by atomic mass is 16.1. The zero-order valence-electron chi connectivity index (χ0n) is 26.4. The number of nitrogens with two attached hydrogens (primary N) is 1. The number of H-pyrrole nitrogens is 1. The lowest BCUT2D eigenvalue weighted by Crippen LogP contribution is -2.37. The molecule has 8 nitrogen and oxygen atoms in total. The lowest BCUT2D eigenvalue weighted by molar-refractivity contribution is 0.0965. The molecular formula is C36H49N7O. The van der Waals surface area contributed by atoms with Gasteiger partial charge in [-0.25, -0.2) is 0 Å². The summed E-state index contributed by atoms with van der Waals surface area (Å²) in [6.07, 6.45) is 21.1. The maximum absolute atomic E-state index is 12.1. The number of amides is 1. The maximum Gasteiger partial charge on any atom is 0.251 e. The van der Waals surface area contributed by atoms with Gasteiger partial charge in [-0.3, -0.25) is 14.7 Å². The van der Waals surface area contributed by atoms with Crippen LogP contribution in [0.25, 0.3) is 6.08 Å². The molecule has 1 aromatic carbocycles. The fraction of sp³-hybridized carbons (Fsp3) is 0.472. The number of aromatic nitrogens is 1. The monoisotopic (exact) mass is 595 g/mol. The summed E-state index contributed by atoms with van der Waals surface area (Å²) in [5.74, 6) is 1.46. The molecule has 1 amide bonds. The minimum atomic E-state index is 0.0531. The van der Waals surface area contributed by atoms with Gasteiger partial charge in [0.25, 0.3) is 5.91 Å². The van der Waals surface area contributed by atoms with Gasteiger partial charge in [-0.1, -0.05) is 38.0 Å². The average molecular weight is 596 g/mol. The summed E-state index contributed by atoms with van der Waals surface area (Å²) in [5, 5.41) is 10.8. The number of hydrogen-bond donors (Lipinski definition) is 4. The van der Waals surface area contributed by atoms with E-state index >= 15 is 0 Å². The Morgan fingerprint density at radius 3 is 2.75 bits per heavy atom. The number of fused-ring (bicyclic) bond motifs is 1. The van der Waals surface area contributed by atoms with Crippen LogP contribution in [0, 0.1) is 17.2 Å². The molecule has 0 saturated carbocycles. The zero-order valence-corrected chi connectivity index (χ0v) is 26.4. The molecule has 44 heavy (non-hydrogen) atoms. The summed E-state index contributed by atoms with van der Waals surface area (Å²) in [6, 6.07) is 8.61. The molecule has 2 aromatic rings. The normalized spacial score (nSPS) is 20.8. The predicted octanol–water partition coefficient (Wildman–Crippen LogP) is 6.23. The number of aliphatic imine (C=N–C) groups is 1. The summed E-state index contributed by atoms with van der Waals surface area (Å²) in [4.78, 5) is 25.2. The van der Waals surface area contributed by atoms with Gasteiger partial charge < -0.3 is 26.3 Å². The summed E-state index contributed by atoms with van der Waals surface area (Å²) in [7, 11) is 2.16. The zero-order chi connectivity index (χ0) is 30.9. The van der Waals surface area contributed by atoms with E-state index in [2.05, 4.69) is 46.2 Å². The van der Waals surface area contributed by atoms with Crippen LogP contribution in [0.2, 0.25) is 0 Å². The molecule has 3 aliphatic heterocycles. The molecule has 0 aliphatic carbocycles. The number of benzene rings is 1. The van der Waals surface area contributed by atoms with E-state index in [-0.39, 0.29) is 5.91 Å². The fourth-order valence-electron chi connectivity index (χ4n) is 7.26. The maximum atomic E-state index is 12.1. The number of aromatic amines is 1. The van der Waals surface area contributed by atoms with E-state index in [0.29, 0.717) is 18.5 Å². The van der Waals surface area contributed by atoms with Crippen LogP contribution in [-0.4, -0.2) is 61.4 Å². The second kappa shape index (κ2) is 15.2. The van der Waals surface area contributed by atoms with E-state index in [1.54, 1.807) is 6.20 Å². The number of likely N-dealkylation sites (tertiary alicyclic amines) is 1. The Morgan fingerprint density at radius 2 is 2.02 bits per heavy atom. The number of anilines is 1. The van der Waals surface area contributed by atoms with Crippen molar-refractivity contribution in [3.05, 3.63) is 82.3 Å². The molecule has 1 aromatic heterocycles. The number of piperidine rings is 1. The van der Waals surface area contributed by atoms with Crippen molar-refractivity contribution in [3.8, 4) is 0 Å². The van der Waals surface area contributed by atoms with Crippen molar-refractivity contribution in [1.29, 1.82) is 5.41 Å². The van der Waals surface area contributed by atoms with Crippen LogP contribution in [0.1, 0.15) is 90.8 Å². The number of nitrogens with one attached hydrogen (secondary N) is 3. The van der Waals surface area contributed by atoms with Crippen LogP contribution in [-0.2, 0) is 6.54 Å². The molecule has 2 unspecified atom stereocenters. The van der Waals surface area contributed by atoms with Crippen LogP contribution >= 0.6 is 0 Å². The molecule has 2 atom stereocenters. The Labute approximate surface area is 262 Å². The molecule has 5 rings (SSSR count). The van der Waals surface area contributed by atoms with E-state index in [0.717, 1.165) is 72.9 Å². The third-order valence-corrected chi connectivity index (χ3v) is 9.71. The van der Waals surface area contributed by atoms with E-state index in [4.69, 9.17) is 16.1 Å². The van der Waals surface area contributed by atoms with E-state index in [1.165, 1.54) is 49.7 Å². The van der Waals surface area contributed by atoms with Crippen molar-refractivity contribution in [2.75, 3.05) is 38.1 Å². The van der Waals surface area contributed by atoms with Crippen molar-refractivity contribution < 1.29 is 4.79 Å². The van der Waals surface area contributed by atoms with Gasteiger partial charge >= 0.3 is 0 Å². The summed E-state index contributed by atoms with van der Waals surface area (Å²) in [6.45, 7) is 6.96. The highest BCUT2D eigenvalue weighted by Crippen LogP contribution is 2.35. The first-order valence-corrected chi connectivity index (χ1v) is 16.4. The fourth-order valence-corrected chi connectivity index (χ4v) is 7.26. The highest BCUT2D eigenvalue weighted by molar-refractivity contribution is 6.00. The predicted molar refractivity (Wildman–Crippen MR) is 183 cm³/mol. The minimum Gasteiger partial charge on any atom is -0.404 e. The second-order valence-corrected chi connectivity index (χ2v) is 12.4. The second-order valence-electron chi connectivity index (χ2n) is 12.4. The molecule has 0 radical (unpaired) electrons. The van der Waals surface area contributed by atoms with E-state index in [9.17, 15) is 4.79 Å². The van der Waals surface area contributed by atoms with Crippen molar-refractivity contribution in [2.45, 2.75) is 64.5 Å². The Kier molecular flexibility index (Phi) is 10.9. The number of nitrogens with zero attached hydrogens (tertiary/aromatic N) is 3. The number of rotatable bonds is 13. The number of allylic oxidation sites excluding steroid dienone is 4. The first kappa shape index (κ1) is 31.5. The first-order valence-electron chi connectivity index (χ1n) is 16.4. The number of carbonyl (C=O) groups excluding carboxylic acids is 1. The summed E-state index contributed by atoms with van der Waals surface area (Å²) in [5.41, 5.74) is 13.0. The van der Waals surface area contributed by atoms with Crippen molar-refractivity contribution in [2.24, 2.45) is 22.6 Å². The lowest BCUT2D eigenvalue weighted by Gasteiger charge is -2.38. The molecule has 0 bridgehead atoms. The largest absolute Gasteiger partial charge is 0.404 e. The molecule has 2 fully saturated rings. The smallest absolute Gasteiger partial charge is 0.251 e. The topological polar surface area (TPSA) is 114 Å². The van der Waals surface area contributed by atoms with Crippen molar-refractivity contribution >= 4 is 30.1 Å². The Bertz CT molecular complexity index is 1410. The number of carbonyl (C=O) groups is 1. The van der Waals surface area contributed by atoms with Gasteiger partial charge in [0.15, 0.2) is 0 Å². The average Bonchev–Trinajstić information content (AvgIpc) is 3.77. The summed E-state index contributed by atoms with van der Waals surface area (Å²) < 4.78 is 0. The molecule has 234 valence electrons. The standard InChI is InChI=1S/C36H49N7O/c1-3-7-27(28-15-20-43(21-16-28)34-10-4-9-30-31(34)25-40-36(30)44)14-18-39-17-5-8-26(23-37)12-13-32-29(24-38)22-33(41-32)35-11-6-19-42(35)2/h4-5,8-10,12-13,17,22-24,27-28,35,38,41H,3,6-7,11,14-16,18-21,25,37H2,1-2H3,(H,40,44)/b8-5-,13-12+,26-23?,38-24?,39-17?. The molecule has 4 heterocycles. The Balaban J connectivity index is 1.10. The minimum absolute atomic E-state index is 0.0531. The van der Waals surface area contributed by atoms with Crippen LogP contribution in [0.3, 0.4) is 0 Å². The van der Waals surface area contributed by atoms with Crippen molar-refractivity contribution in [3.63, 3.8) is 0 Å². The Hall–Kier alpha value is -3.91. The van der Waals surface area contributed by atoms with Gasteiger partial charge in [-0.15, -0.1) is 0 Å². The van der Waals surface area contributed by atoms with Crippen LogP contribution < -0.4 is 16.0 Å².